The molecule has 0 aromatic heterocycles. The summed E-state index contributed by atoms with van der Waals surface area (Å²) in [7, 11) is 4.12. The maximum atomic E-state index is 12.3. The van der Waals surface area contributed by atoms with Gasteiger partial charge in [0.15, 0.2) is 0 Å². The Morgan fingerprint density at radius 1 is 1.30 bits per heavy atom. The normalized spacial score (nSPS) is 20.2. The van der Waals surface area contributed by atoms with Gasteiger partial charge in [-0.15, -0.1) is 0 Å². The number of nitrogens with zero attached hydrogens (tertiary/aromatic N) is 2. The lowest BCUT2D eigenvalue weighted by molar-refractivity contribution is -0.155. The average molecular weight is 284 g/mol. The van der Waals surface area contributed by atoms with Crippen molar-refractivity contribution in [3.05, 3.63) is 0 Å². The zero-order valence-corrected chi connectivity index (χ0v) is 13.3. The second-order valence-corrected chi connectivity index (χ2v) is 6.63. The molecule has 1 N–H and O–H groups in total. The first kappa shape index (κ1) is 17.0. The zero-order chi connectivity index (χ0) is 15.5. The van der Waals surface area contributed by atoms with Crippen LogP contribution in [0.4, 0.5) is 0 Å². The predicted molar refractivity (Wildman–Crippen MR) is 78.5 cm³/mol. The number of carbonyl (C=O) groups is 2. The molecule has 1 atom stereocenters. The number of hydrogen-bond acceptors (Lipinski definition) is 3. The van der Waals surface area contributed by atoms with E-state index in [1.807, 2.05) is 18.7 Å². The smallest absolute Gasteiger partial charge is 0.310 e. The Bertz CT molecular complexity index is 360. The highest BCUT2D eigenvalue weighted by molar-refractivity contribution is 5.85. The van der Waals surface area contributed by atoms with Crippen molar-refractivity contribution in [3.8, 4) is 0 Å². The van der Waals surface area contributed by atoms with E-state index in [-0.39, 0.29) is 18.2 Å². The van der Waals surface area contributed by atoms with E-state index in [0.717, 1.165) is 25.9 Å². The Kier molecular flexibility index (Phi) is 5.57. The number of hydrogen-bond donors (Lipinski definition) is 1. The molecule has 1 saturated heterocycles. The van der Waals surface area contributed by atoms with E-state index >= 15 is 0 Å². The van der Waals surface area contributed by atoms with Crippen LogP contribution >= 0.6 is 0 Å². The Hall–Kier alpha value is -1.10. The number of rotatable bonds is 5. The minimum Gasteiger partial charge on any atom is -0.481 e. The Morgan fingerprint density at radius 2 is 1.80 bits per heavy atom. The standard InChI is InChI=1S/C15H28N2O3/c1-11(2)15(3,14(19)20)10-13(18)17-8-6-12(7-9-17)16(4)5/h11-12H,6-10H2,1-5H3,(H,19,20). The minimum absolute atomic E-state index is 0.0270. The Balaban J connectivity index is 2.62. The summed E-state index contributed by atoms with van der Waals surface area (Å²) in [5.74, 6) is -0.979. The van der Waals surface area contributed by atoms with E-state index < -0.39 is 11.4 Å². The van der Waals surface area contributed by atoms with Gasteiger partial charge in [0.25, 0.3) is 0 Å². The lowest BCUT2D eigenvalue weighted by Crippen LogP contribution is -2.47. The van der Waals surface area contributed by atoms with Gasteiger partial charge in [0.1, 0.15) is 0 Å². The molecule has 1 amide bonds. The van der Waals surface area contributed by atoms with Gasteiger partial charge in [0.05, 0.1) is 5.41 Å². The van der Waals surface area contributed by atoms with E-state index in [1.165, 1.54) is 0 Å². The van der Waals surface area contributed by atoms with Gasteiger partial charge in [-0.1, -0.05) is 13.8 Å². The van der Waals surface area contributed by atoms with E-state index in [4.69, 9.17) is 0 Å². The quantitative estimate of drug-likeness (QED) is 0.834. The molecule has 0 spiro atoms. The van der Waals surface area contributed by atoms with Crippen molar-refractivity contribution in [2.24, 2.45) is 11.3 Å². The Labute approximate surface area is 121 Å². The third kappa shape index (κ3) is 3.72. The van der Waals surface area contributed by atoms with Crippen LogP contribution in [0.15, 0.2) is 0 Å². The molecule has 0 saturated carbocycles. The van der Waals surface area contributed by atoms with Crippen LogP contribution in [0.1, 0.15) is 40.0 Å². The third-order valence-corrected chi connectivity index (χ3v) is 4.83. The summed E-state index contributed by atoms with van der Waals surface area (Å²) in [6.07, 6.45) is 2.01. The van der Waals surface area contributed by atoms with Gasteiger partial charge in [-0.25, -0.2) is 0 Å². The fraction of sp³-hybridized carbons (Fsp3) is 0.867. The van der Waals surface area contributed by atoms with Crippen molar-refractivity contribution in [2.75, 3.05) is 27.2 Å². The molecule has 116 valence electrons. The van der Waals surface area contributed by atoms with Gasteiger partial charge >= 0.3 is 5.97 Å². The fourth-order valence-corrected chi connectivity index (χ4v) is 2.58. The third-order valence-electron chi connectivity index (χ3n) is 4.83. The van der Waals surface area contributed by atoms with Gasteiger partial charge in [-0.2, -0.15) is 0 Å². The van der Waals surface area contributed by atoms with E-state index in [2.05, 4.69) is 19.0 Å². The first-order chi connectivity index (χ1) is 9.18. The molecule has 0 bridgehead atoms. The summed E-state index contributed by atoms with van der Waals surface area (Å²) >= 11 is 0. The summed E-state index contributed by atoms with van der Waals surface area (Å²) < 4.78 is 0. The SMILES string of the molecule is CC(C)C(C)(CC(=O)N1CCC(N(C)C)CC1)C(=O)O. The molecule has 1 fully saturated rings. The van der Waals surface area contributed by atoms with Gasteiger partial charge in [0, 0.05) is 25.6 Å². The summed E-state index contributed by atoms with van der Waals surface area (Å²) in [6, 6.07) is 0.523. The van der Waals surface area contributed by atoms with Crippen molar-refractivity contribution in [2.45, 2.75) is 46.1 Å². The van der Waals surface area contributed by atoms with Crippen LogP contribution in [0.5, 0.6) is 0 Å². The summed E-state index contributed by atoms with van der Waals surface area (Å²) in [6.45, 7) is 6.86. The lowest BCUT2D eigenvalue weighted by Gasteiger charge is -2.37. The predicted octanol–water partition coefficient (Wildman–Crippen LogP) is 1.68. The van der Waals surface area contributed by atoms with Crippen molar-refractivity contribution < 1.29 is 14.7 Å². The number of carbonyl (C=O) groups excluding carboxylic acids is 1. The second kappa shape index (κ2) is 6.57. The fourth-order valence-electron chi connectivity index (χ4n) is 2.58. The van der Waals surface area contributed by atoms with Gasteiger partial charge < -0.3 is 14.9 Å². The van der Waals surface area contributed by atoms with Gasteiger partial charge in [-0.3, -0.25) is 9.59 Å². The van der Waals surface area contributed by atoms with Crippen LogP contribution in [-0.4, -0.2) is 60.0 Å². The molecule has 5 nitrogen and oxygen atoms in total. The molecule has 0 aromatic carbocycles. The maximum absolute atomic E-state index is 12.3. The molecule has 0 aliphatic carbocycles. The van der Waals surface area contributed by atoms with Crippen LogP contribution < -0.4 is 0 Å². The highest BCUT2D eigenvalue weighted by Gasteiger charge is 2.40. The van der Waals surface area contributed by atoms with Crippen LogP contribution in [0.3, 0.4) is 0 Å². The average Bonchev–Trinajstić information content (AvgIpc) is 2.38. The van der Waals surface area contributed by atoms with Crippen molar-refractivity contribution >= 4 is 11.9 Å². The monoisotopic (exact) mass is 284 g/mol. The van der Waals surface area contributed by atoms with Crippen molar-refractivity contribution in [1.82, 2.24) is 9.80 Å². The maximum Gasteiger partial charge on any atom is 0.310 e. The second-order valence-electron chi connectivity index (χ2n) is 6.63. The van der Waals surface area contributed by atoms with Crippen LogP contribution in [0.2, 0.25) is 0 Å². The van der Waals surface area contributed by atoms with Crippen molar-refractivity contribution in [1.29, 1.82) is 0 Å². The molecule has 0 aromatic rings. The zero-order valence-electron chi connectivity index (χ0n) is 13.3. The van der Waals surface area contributed by atoms with Gasteiger partial charge in [0.2, 0.25) is 5.91 Å². The topological polar surface area (TPSA) is 60.9 Å². The summed E-state index contributed by atoms with van der Waals surface area (Å²) in [4.78, 5) is 27.8. The van der Waals surface area contributed by atoms with Crippen LogP contribution in [0.25, 0.3) is 0 Å². The highest BCUT2D eigenvalue weighted by Crippen LogP contribution is 2.32. The van der Waals surface area contributed by atoms with Gasteiger partial charge in [-0.05, 0) is 39.8 Å². The number of aliphatic carboxylic acids is 1. The first-order valence-electron chi connectivity index (χ1n) is 7.36. The van der Waals surface area contributed by atoms with Crippen LogP contribution in [-0.2, 0) is 9.59 Å². The molecule has 5 heteroatoms. The number of carboxylic acid groups (broad SMARTS) is 1. The van der Waals surface area contributed by atoms with Crippen LogP contribution in [0, 0.1) is 11.3 Å². The summed E-state index contributed by atoms with van der Waals surface area (Å²) in [5, 5.41) is 9.39. The van der Waals surface area contributed by atoms with E-state index in [0.29, 0.717) is 6.04 Å². The number of piperidine rings is 1. The number of likely N-dealkylation sites (tertiary alicyclic amines) is 1. The molecule has 1 rings (SSSR count). The molecule has 1 heterocycles. The van der Waals surface area contributed by atoms with E-state index in [1.54, 1.807) is 6.92 Å². The first-order valence-corrected chi connectivity index (χ1v) is 7.36. The molecule has 1 unspecified atom stereocenters. The Morgan fingerprint density at radius 3 is 2.15 bits per heavy atom. The van der Waals surface area contributed by atoms with Crippen molar-refractivity contribution in [3.63, 3.8) is 0 Å². The number of carboxylic acids is 1. The highest BCUT2D eigenvalue weighted by atomic mass is 16.4. The lowest BCUT2D eigenvalue weighted by atomic mass is 9.76. The molecule has 20 heavy (non-hydrogen) atoms. The molecular weight excluding hydrogens is 256 g/mol. The summed E-state index contributed by atoms with van der Waals surface area (Å²) in [5.41, 5.74) is -0.977. The molecule has 0 radical (unpaired) electrons. The van der Waals surface area contributed by atoms with E-state index in [9.17, 15) is 14.7 Å². The molecule has 1 aliphatic rings. The molecular formula is C15H28N2O3. The largest absolute Gasteiger partial charge is 0.481 e. The minimum atomic E-state index is -0.977. The molecule has 1 aliphatic heterocycles. The number of amides is 1.